The van der Waals surface area contributed by atoms with Crippen molar-refractivity contribution in [2.45, 2.75) is 38.0 Å². The number of hydrogen-bond acceptors (Lipinski definition) is 6. The summed E-state index contributed by atoms with van der Waals surface area (Å²) in [6.45, 7) is 4.99. The molecule has 36 heavy (non-hydrogen) atoms. The molecule has 0 N–H and O–H groups in total. The fourth-order valence-corrected chi connectivity index (χ4v) is 6.42. The molecule has 2 aliphatic heterocycles. The highest BCUT2D eigenvalue weighted by atomic mass is 35.5. The number of aromatic nitrogens is 1. The summed E-state index contributed by atoms with van der Waals surface area (Å²) >= 11 is 6.16. The van der Waals surface area contributed by atoms with Gasteiger partial charge in [0.05, 0.1) is 16.3 Å². The maximum Gasteiger partial charge on any atom is 0.417 e. The second-order valence-corrected chi connectivity index (χ2v) is 11.7. The molecule has 3 heterocycles. The third-order valence-corrected chi connectivity index (χ3v) is 8.88. The maximum absolute atomic E-state index is 12.9. The first kappa shape index (κ1) is 27.0. The van der Waals surface area contributed by atoms with E-state index in [1.165, 1.54) is 0 Å². The predicted octanol–water partition coefficient (Wildman–Crippen LogP) is 4.14. The zero-order valence-corrected chi connectivity index (χ0v) is 21.6. The van der Waals surface area contributed by atoms with Crippen molar-refractivity contribution >= 4 is 27.4 Å². The largest absolute Gasteiger partial charge is 0.492 e. The lowest BCUT2D eigenvalue weighted by Crippen LogP contribution is -2.57. The third kappa shape index (κ3) is 6.42. The van der Waals surface area contributed by atoms with Crippen molar-refractivity contribution in [1.82, 2.24) is 14.2 Å². The molecule has 2 saturated heterocycles. The van der Waals surface area contributed by atoms with Crippen molar-refractivity contribution in [1.29, 1.82) is 0 Å². The Labute approximate surface area is 214 Å². The van der Waals surface area contributed by atoms with E-state index in [-0.39, 0.29) is 29.5 Å². The Bertz CT molecular complexity index is 1130. The summed E-state index contributed by atoms with van der Waals surface area (Å²) < 4.78 is 71.5. The van der Waals surface area contributed by atoms with Gasteiger partial charge in [0, 0.05) is 51.0 Å². The Balaban J connectivity index is 1.27. The van der Waals surface area contributed by atoms with Gasteiger partial charge in [0.2, 0.25) is 10.0 Å². The van der Waals surface area contributed by atoms with Crippen LogP contribution in [0.2, 0.25) is 5.02 Å². The van der Waals surface area contributed by atoms with E-state index in [4.69, 9.17) is 16.3 Å². The topological polar surface area (TPSA) is 66.0 Å². The molecule has 4 rings (SSSR count). The predicted molar refractivity (Wildman–Crippen MR) is 133 cm³/mol. The second-order valence-electron chi connectivity index (χ2n) is 9.17. The van der Waals surface area contributed by atoms with Crippen molar-refractivity contribution in [3.63, 3.8) is 0 Å². The van der Waals surface area contributed by atoms with Gasteiger partial charge in [0.25, 0.3) is 0 Å². The first-order valence-corrected chi connectivity index (χ1v) is 13.9. The summed E-state index contributed by atoms with van der Waals surface area (Å²) in [4.78, 5) is 8.28. The van der Waals surface area contributed by atoms with E-state index < -0.39 is 21.8 Å². The SMILES string of the molecule is CC1CN(C2CCN(S(=O)(=O)CCOc3ccccc3)CC2)CCN1c1ncc(C(F)(F)F)cc1Cl. The van der Waals surface area contributed by atoms with Gasteiger partial charge in [0.1, 0.15) is 18.2 Å². The molecule has 12 heteroatoms. The number of rotatable bonds is 7. The van der Waals surface area contributed by atoms with Gasteiger partial charge in [-0.05, 0) is 38.0 Å². The van der Waals surface area contributed by atoms with E-state index in [0.29, 0.717) is 44.3 Å². The highest BCUT2D eigenvalue weighted by Crippen LogP contribution is 2.35. The Kier molecular flexibility index (Phi) is 8.33. The molecule has 1 aromatic carbocycles. The lowest BCUT2D eigenvalue weighted by Gasteiger charge is -2.46. The van der Waals surface area contributed by atoms with Crippen LogP contribution in [0.1, 0.15) is 25.3 Å². The first-order valence-electron chi connectivity index (χ1n) is 11.9. The summed E-state index contributed by atoms with van der Waals surface area (Å²) in [5, 5.41) is -0.0140. The van der Waals surface area contributed by atoms with Gasteiger partial charge in [-0.15, -0.1) is 0 Å². The van der Waals surface area contributed by atoms with Crippen LogP contribution in [0, 0.1) is 0 Å². The van der Waals surface area contributed by atoms with E-state index in [1.807, 2.05) is 30.0 Å². The van der Waals surface area contributed by atoms with Crippen LogP contribution in [0.5, 0.6) is 5.75 Å². The van der Waals surface area contributed by atoms with Gasteiger partial charge in [-0.1, -0.05) is 29.8 Å². The van der Waals surface area contributed by atoms with Gasteiger partial charge in [-0.2, -0.15) is 13.2 Å². The van der Waals surface area contributed by atoms with E-state index >= 15 is 0 Å². The molecule has 2 fully saturated rings. The molecule has 2 aromatic rings. The molecular weight excluding hydrogens is 517 g/mol. The van der Waals surface area contributed by atoms with Crippen molar-refractivity contribution < 1.29 is 26.3 Å². The molecule has 198 valence electrons. The zero-order valence-electron chi connectivity index (χ0n) is 20.0. The molecular formula is C24H30ClF3N4O3S. The van der Waals surface area contributed by atoms with Crippen LogP contribution in [0.15, 0.2) is 42.6 Å². The molecule has 1 unspecified atom stereocenters. The molecule has 7 nitrogen and oxygen atoms in total. The molecule has 2 aliphatic rings. The molecule has 0 bridgehead atoms. The van der Waals surface area contributed by atoms with Crippen LogP contribution in [0.25, 0.3) is 0 Å². The maximum atomic E-state index is 12.9. The van der Waals surface area contributed by atoms with Crippen LogP contribution < -0.4 is 9.64 Å². The molecule has 1 aromatic heterocycles. The van der Waals surface area contributed by atoms with E-state index in [2.05, 4.69) is 9.88 Å². The first-order chi connectivity index (χ1) is 17.0. The fraction of sp³-hybridized carbons (Fsp3) is 0.542. The zero-order chi connectivity index (χ0) is 25.9. The number of piperazine rings is 1. The van der Waals surface area contributed by atoms with Crippen molar-refractivity contribution in [3.05, 3.63) is 53.2 Å². The van der Waals surface area contributed by atoms with Crippen molar-refractivity contribution in [2.24, 2.45) is 0 Å². The number of ether oxygens (including phenoxy) is 1. The summed E-state index contributed by atoms with van der Waals surface area (Å²) in [7, 11) is -3.40. The number of benzene rings is 1. The van der Waals surface area contributed by atoms with Gasteiger partial charge < -0.3 is 9.64 Å². The quantitative estimate of drug-likeness (QED) is 0.520. The van der Waals surface area contributed by atoms with Gasteiger partial charge >= 0.3 is 6.18 Å². The number of nitrogens with zero attached hydrogens (tertiary/aromatic N) is 4. The summed E-state index contributed by atoms with van der Waals surface area (Å²) in [6.07, 6.45) is -2.21. The minimum absolute atomic E-state index is 0.00242. The highest BCUT2D eigenvalue weighted by molar-refractivity contribution is 7.89. The van der Waals surface area contributed by atoms with Gasteiger partial charge in [-0.3, -0.25) is 4.90 Å². The standard InChI is InChI=1S/C24H30ClF3N4O3S/c1-18-17-30(11-12-32(18)23-22(25)15-19(16-29-23)24(26,27)28)20-7-9-31(10-8-20)36(33,34)14-13-35-21-5-3-2-4-6-21/h2-6,15-16,18,20H,7-14,17H2,1H3. The summed E-state index contributed by atoms with van der Waals surface area (Å²) in [6, 6.07) is 10.3. The average Bonchev–Trinajstić information content (AvgIpc) is 2.84. The smallest absolute Gasteiger partial charge is 0.417 e. The normalized spacial score (nSPS) is 21.0. The number of anilines is 1. The Morgan fingerprint density at radius 3 is 2.42 bits per heavy atom. The van der Waals surface area contributed by atoms with Gasteiger partial charge in [0.15, 0.2) is 0 Å². The monoisotopic (exact) mass is 546 g/mol. The Morgan fingerprint density at radius 1 is 1.11 bits per heavy atom. The fourth-order valence-electron chi connectivity index (χ4n) is 4.83. The van der Waals surface area contributed by atoms with Crippen molar-refractivity contribution in [3.8, 4) is 5.75 Å². The third-order valence-electron chi connectivity index (χ3n) is 6.77. The van der Waals surface area contributed by atoms with Crippen LogP contribution in [-0.2, 0) is 16.2 Å². The van der Waals surface area contributed by atoms with Gasteiger partial charge in [-0.25, -0.2) is 17.7 Å². The average molecular weight is 547 g/mol. The molecule has 0 spiro atoms. The highest BCUT2D eigenvalue weighted by Gasteiger charge is 2.36. The van der Waals surface area contributed by atoms with Crippen molar-refractivity contribution in [2.75, 3.05) is 50.0 Å². The number of sulfonamides is 1. The second kappa shape index (κ2) is 11.1. The molecule has 0 saturated carbocycles. The number of para-hydroxylation sites is 1. The Morgan fingerprint density at radius 2 is 1.81 bits per heavy atom. The Hall–Kier alpha value is -2.08. The molecule has 0 radical (unpaired) electrons. The molecule has 1 atom stereocenters. The van der Waals surface area contributed by atoms with E-state index in [1.54, 1.807) is 16.4 Å². The molecule has 0 amide bonds. The summed E-state index contributed by atoms with van der Waals surface area (Å²) in [5.41, 5.74) is -0.865. The van der Waals surface area contributed by atoms with E-state index in [9.17, 15) is 21.6 Å². The lowest BCUT2D eigenvalue weighted by molar-refractivity contribution is -0.137. The number of hydrogen-bond donors (Lipinski definition) is 0. The number of pyridine rings is 1. The number of alkyl halides is 3. The van der Waals surface area contributed by atoms with Crippen LogP contribution in [0.3, 0.4) is 0 Å². The van der Waals surface area contributed by atoms with Crippen LogP contribution in [0.4, 0.5) is 19.0 Å². The van der Waals surface area contributed by atoms with Crippen LogP contribution in [-0.4, -0.2) is 79.8 Å². The number of piperidine rings is 1. The number of halogens is 4. The minimum Gasteiger partial charge on any atom is -0.492 e. The lowest BCUT2D eigenvalue weighted by atomic mass is 10.0. The van der Waals surface area contributed by atoms with Crippen LogP contribution >= 0.6 is 11.6 Å². The minimum atomic E-state index is -4.49. The molecule has 0 aliphatic carbocycles. The summed E-state index contributed by atoms with van der Waals surface area (Å²) in [5.74, 6) is 0.936. The van der Waals surface area contributed by atoms with E-state index in [0.717, 1.165) is 25.1 Å².